The number of aromatic amines is 1. The zero-order valence-corrected chi connectivity index (χ0v) is 15.2. The van der Waals surface area contributed by atoms with E-state index in [4.69, 9.17) is 9.84 Å². The van der Waals surface area contributed by atoms with E-state index in [0.29, 0.717) is 11.3 Å². The predicted octanol–water partition coefficient (Wildman–Crippen LogP) is 2.82. The average Bonchev–Trinajstić information content (AvgIpc) is 3.25. The van der Waals surface area contributed by atoms with Crippen molar-refractivity contribution >= 4 is 12.0 Å². The zero-order chi connectivity index (χ0) is 19.9. The molecule has 0 saturated heterocycles. The molecule has 28 heavy (non-hydrogen) atoms. The summed E-state index contributed by atoms with van der Waals surface area (Å²) >= 11 is 0. The Kier molecular flexibility index (Phi) is 5.91. The van der Waals surface area contributed by atoms with Gasteiger partial charge in [-0.3, -0.25) is 9.89 Å². The van der Waals surface area contributed by atoms with Gasteiger partial charge in [0.15, 0.2) is 0 Å². The van der Waals surface area contributed by atoms with E-state index in [9.17, 15) is 9.59 Å². The lowest BCUT2D eigenvalue weighted by atomic mass is 10.0. The van der Waals surface area contributed by atoms with E-state index in [1.54, 1.807) is 30.6 Å². The number of aromatic nitrogens is 2. The average molecular weight is 380 g/mol. The number of nitrogens with one attached hydrogen (secondary N) is 3. The highest BCUT2D eigenvalue weighted by molar-refractivity contribution is 5.96. The number of carbonyl (C=O) groups is 2. The minimum Gasteiger partial charge on any atom is -0.496 e. The van der Waals surface area contributed by atoms with Crippen LogP contribution in [0.1, 0.15) is 22.0 Å². The van der Waals surface area contributed by atoms with Crippen LogP contribution in [0.3, 0.4) is 0 Å². The number of rotatable bonds is 7. The number of nitrogens with zero attached hydrogens (tertiary/aromatic N) is 1. The van der Waals surface area contributed by atoms with Crippen LogP contribution in [0.2, 0.25) is 0 Å². The Labute approximate surface area is 161 Å². The summed E-state index contributed by atoms with van der Waals surface area (Å²) in [6.07, 6.45) is 2.25. The summed E-state index contributed by atoms with van der Waals surface area (Å²) in [5.74, 6) is 0.201. The van der Waals surface area contributed by atoms with Gasteiger partial charge < -0.3 is 20.5 Å². The number of H-pyrrole nitrogens is 1. The van der Waals surface area contributed by atoms with Crippen molar-refractivity contribution in [2.75, 3.05) is 13.7 Å². The van der Waals surface area contributed by atoms with Crippen molar-refractivity contribution in [3.8, 4) is 16.9 Å². The van der Waals surface area contributed by atoms with Gasteiger partial charge >= 0.3 is 6.09 Å². The molecule has 0 saturated carbocycles. The molecule has 2 aromatic carbocycles. The number of ether oxygens (including phenoxy) is 1. The van der Waals surface area contributed by atoms with Gasteiger partial charge in [0.2, 0.25) is 0 Å². The molecule has 1 unspecified atom stereocenters. The maximum absolute atomic E-state index is 12.8. The van der Waals surface area contributed by atoms with Crippen LogP contribution in [0.15, 0.2) is 60.9 Å². The standard InChI is InChI=1S/C20H20N4O4/c1-28-18-9-14(7-8-16(18)15-10-22-23-11-15)19(25)24-17(12-21-20(26)27)13-5-3-2-4-6-13/h2-11,17,21H,12H2,1H3,(H,22,23)(H,24,25)(H,26,27). The van der Waals surface area contributed by atoms with Crippen molar-refractivity contribution in [2.45, 2.75) is 6.04 Å². The molecule has 3 aromatic rings. The van der Waals surface area contributed by atoms with Crippen LogP contribution in [0, 0.1) is 0 Å². The second-order valence-electron chi connectivity index (χ2n) is 6.02. The van der Waals surface area contributed by atoms with Crippen LogP contribution >= 0.6 is 0 Å². The Morgan fingerprint density at radius 1 is 1.21 bits per heavy atom. The van der Waals surface area contributed by atoms with Crippen LogP contribution in [0.4, 0.5) is 4.79 Å². The maximum atomic E-state index is 12.8. The minimum atomic E-state index is -1.15. The lowest BCUT2D eigenvalue weighted by molar-refractivity contribution is 0.0934. The number of hydrogen-bond donors (Lipinski definition) is 4. The second-order valence-corrected chi connectivity index (χ2v) is 6.02. The lowest BCUT2D eigenvalue weighted by Gasteiger charge is -2.19. The molecule has 8 nitrogen and oxygen atoms in total. The van der Waals surface area contributed by atoms with Crippen LogP contribution in [-0.4, -0.2) is 41.0 Å². The number of amides is 2. The van der Waals surface area contributed by atoms with E-state index in [1.165, 1.54) is 7.11 Å². The van der Waals surface area contributed by atoms with Gasteiger partial charge in [-0.05, 0) is 23.8 Å². The molecule has 1 aromatic heterocycles. The lowest BCUT2D eigenvalue weighted by Crippen LogP contribution is -2.37. The number of carboxylic acid groups (broad SMARTS) is 1. The van der Waals surface area contributed by atoms with Gasteiger partial charge in [-0.15, -0.1) is 0 Å². The molecular formula is C20H20N4O4. The fourth-order valence-electron chi connectivity index (χ4n) is 2.84. The highest BCUT2D eigenvalue weighted by Gasteiger charge is 2.18. The van der Waals surface area contributed by atoms with Gasteiger partial charge in [-0.25, -0.2) is 4.79 Å². The van der Waals surface area contributed by atoms with Gasteiger partial charge in [0.1, 0.15) is 5.75 Å². The third-order valence-electron chi connectivity index (χ3n) is 4.24. The molecule has 144 valence electrons. The minimum absolute atomic E-state index is 0.0509. The maximum Gasteiger partial charge on any atom is 0.404 e. The smallest absolute Gasteiger partial charge is 0.404 e. The Bertz CT molecular complexity index is 942. The molecule has 4 N–H and O–H groups in total. The normalized spacial score (nSPS) is 11.5. The molecule has 0 spiro atoms. The zero-order valence-electron chi connectivity index (χ0n) is 15.2. The Hall–Kier alpha value is -3.81. The van der Waals surface area contributed by atoms with Crippen molar-refractivity contribution in [1.82, 2.24) is 20.8 Å². The second kappa shape index (κ2) is 8.72. The van der Waals surface area contributed by atoms with Crippen molar-refractivity contribution in [3.63, 3.8) is 0 Å². The molecular weight excluding hydrogens is 360 g/mol. The van der Waals surface area contributed by atoms with Crippen LogP contribution in [0.5, 0.6) is 5.75 Å². The number of hydrogen-bond acceptors (Lipinski definition) is 4. The van der Waals surface area contributed by atoms with Gasteiger partial charge in [-0.1, -0.05) is 30.3 Å². The summed E-state index contributed by atoms with van der Waals surface area (Å²) in [5, 5.41) is 20.8. The molecule has 2 amide bonds. The van der Waals surface area contributed by atoms with Crippen molar-refractivity contribution in [2.24, 2.45) is 0 Å². The predicted molar refractivity (Wildman–Crippen MR) is 103 cm³/mol. The van der Waals surface area contributed by atoms with Crippen molar-refractivity contribution in [3.05, 3.63) is 72.1 Å². The number of carbonyl (C=O) groups excluding carboxylic acids is 1. The molecule has 0 fully saturated rings. The SMILES string of the molecule is COc1cc(C(=O)NC(CNC(=O)O)c2ccccc2)ccc1-c1cn[nH]c1. The first-order valence-corrected chi connectivity index (χ1v) is 8.58. The van der Waals surface area contributed by atoms with E-state index in [-0.39, 0.29) is 12.5 Å². The van der Waals surface area contributed by atoms with E-state index < -0.39 is 12.1 Å². The van der Waals surface area contributed by atoms with E-state index in [2.05, 4.69) is 20.8 Å². The summed E-state index contributed by atoms with van der Waals surface area (Å²) in [5.41, 5.74) is 2.85. The first-order chi connectivity index (χ1) is 13.6. The Balaban J connectivity index is 1.82. The van der Waals surface area contributed by atoms with E-state index in [1.807, 2.05) is 30.3 Å². The van der Waals surface area contributed by atoms with Crippen LogP contribution in [-0.2, 0) is 0 Å². The van der Waals surface area contributed by atoms with E-state index in [0.717, 1.165) is 16.7 Å². The third kappa shape index (κ3) is 4.47. The Morgan fingerprint density at radius 3 is 2.64 bits per heavy atom. The first-order valence-electron chi connectivity index (χ1n) is 8.58. The summed E-state index contributed by atoms with van der Waals surface area (Å²) in [6.45, 7) is 0.0509. The quantitative estimate of drug-likeness (QED) is 0.503. The molecule has 0 aliphatic heterocycles. The third-order valence-corrected chi connectivity index (χ3v) is 4.24. The summed E-state index contributed by atoms with van der Waals surface area (Å²) in [7, 11) is 1.53. The monoisotopic (exact) mass is 380 g/mol. The summed E-state index contributed by atoms with van der Waals surface area (Å²) < 4.78 is 5.42. The summed E-state index contributed by atoms with van der Waals surface area (Å²) in [6, 6.07) is 13.8. The van der Waals surface area contributed by atoms with Gasteiger partial charge in [0.05, 0.1) is 19.3 Å². The number of benzene rings is 2. The highest BCUT2D eigenvalue weighted by Crippen LogP contribution is 2.30. The van der Waals surface area contributed by atoms with Crippen LogP contribution in [0.25, 0.3) is 11.1 Å². The fraction of sp³-hybridized carbons (Fsp3) is 0.150. The van der Waals surface area contributed by atoms with Crippen molar-refractivity contribution in [1.29, 1.82) is 0 Å². The van der Waals surface area contributed by atoms with Crippen molar-refractivity contribution < 1.29 is 19.4 Å². The molecule has 3 rings (SSSR count). The largest absolute Gasteiger partial charge is 0.496 e. The fourth-order valence-corrected chi connectivity index (χ4v) is 2.84. The van der Waals surface area contributed by atoms with Crippen LogP contribution < -0.4 is 15.4 Å². The molecule has 0 aliphatic rings. The van der Waals surface area contributed by atoms with Gasteiger partial charge in [0, 0.05) is 29.4 Å². The molecule has 0 radical (unpaired) electrons. The Morgan fingerprint density at radius 2 is 2.00 bits per heavy atom. The molecule has 0 bridgehead atoms. The van der Waals surface area contributed by atoms with Gasteiger partial charge in [-0.2, -0.15) is 5.10 Å². The first kappa shape index (κ1) is 19.0. The topological polar surface area (TPSA) is 116 Å². The summed E-state index contributed by atoms with van der Waals surface area (Å²) in [4.78, 5) is 23.7. The molecule has 8 heteroatoms. The van der Waals surface area contributed by atoms with Gasteiger partial charge in [0.25, 0.3) is 5.91 Å². The molecule has 0 aliphatic carbocycles. The highest BCUT2D eigenvalue weighted by atomic mass is 16.5. The molecule has 1 atom stereocenters. The molecule has 1 heterocycles. The van der Waals surface area contributed by atoms with E-state index >= 15 is 0 Å². The number of methoxy groups -OCH3 is 1.